The number of hydrogen-bond acceptors (Lipinski definition) is 3. The van der Waals surface area contributed by atoms with Crippen LogP contribution < -0.4 is 5.32 Å². The predicted molar refractivity (Wildman–Crippen MR) is 84.9 cm³/mol. The summed E-state index contributed by atoms with van der Waals surface area (Å²) in [5, 5.41) is 2.90. The predicted octanol–water partition coefficient (Wildman–Crippen LogP) is 3.32. The first-order valence-electron chi connectivity index (χ1n) is 6.46. The second-order valence-corrected chi connectivity index (χ2v) is 5.49. The van der Waals surface area contributed by atoms with Gasteiger partial charge in [0.1, 0.15) is 0 Å². The van der Waals surface area contributed by atoms with Gasteiger partial charge in [-0.15, -0.1) is 0 Å². The van der Waals surface area contributed by atoms with E-state index >= 15 is 0 Å². The zero-order chi connectivity index (χ0) is 14.7. The summed E-state index contributed by atoms with van der Waals surface area (Å²) in [7, 11) is 0. The van der Waals surface area contributed by atoms with E-state index in [1.54, 1.807) is 24.5 Å². The molecule has 1 N–H and O–H groups in total. The number of rotatable bonds is 3. The van der Waals surface area contributed by atoms with Crippen molar-refractivity contribution in [1.82, 2.24) is 15.3 Å². The standard InChI is InChI=1S/C16H12BrN3O/c17-13-3-1-2-12(9-13)16(21)20-10-11-4-5-14-15(8-11)19-7-6-18-14/h1-9H,10H2,(H,20,21). The molecular weight excluding hydrogens is 330 g/mol. The Hall–Kier alpha value is -2.27. The highest BCUT2D eigenvalue weighted by atomic mass is 79.9. The van der Waals surface area contributed by atoms with Crippen LogP contribution in [-0.4, -0.2) is 15.9 Å². The molecule has 0 aliphatic heterocycles. The van der Waals surface area contributed by atoms with Crippen molar-refractivity contribution in [2.45, 2.75) is 6.54 Å². The highest BCUT2D eigenvalue weighted by Crippen LogP contribution is 2.13. The normalized spacial score (nSPS) is 10.5. The monoisotopic (exact) mass is 341 g/mol. The molecule has 104 valence electrons. The van der Waals surface area contributed by atoms with Crippen molar-refractivity contribution in [1.29, 1.82) is 0 Å². The van der Waals surface area contributed by atoms with Gasteiger partial charge in [-0.1, -0.05) is 28.1 Å². The minimum atomic E-state index is -0.101. The van der Waals surface area contributed by atoms with E-state index in [0.717, 1.165) is 21.1 Å². The minimum absolute atomic E-state index is 0.101. The molecule has 1 aromatic heterocycles. The molecule has 1 heterocycles. The van der Waals surface area contributed by atoms with Gasteiger partial charge in [-0.2, -0.15) is 0 Å². The van der Waals surface area contributed by atoms with Gasteiger partial charge in [0.2, 0.25) is 0 Å². The topological polar surface area (TPSA) is 54.9 Å². The van der Waals surface area contributed by atoms with E-state index in [-0.39, 0.29) is 5.91 Å². The van der Waals surface area contributed by atoms with Gasteiger partial charge in [0, 0.05) is 29.0 Å². The molecule has 4 nitrogen and oxygen atoms in total. The number of nitrogens with zero attached hydrogens (tertiary/aromatic N) is 2. The van der Waals surface area contributed by atoms with E-state index in [0.29, 0.717) is 12.1 Å². The lowest BCUT2D eigenvalue weighted by atomic mass is 10.1. The molecule has 0 fully saturated rings. The van der Waals surface area contributed by atoms with Crippen LogP contribution in [0.1, 0.15) is 15.9 Å². The highest BCUT2D eigenvalue weighted by Gasteiger charge is 2.06. The Morgan fingerprint density at radius 2 is 1.86 bits per heavy atom. The summed E-state index contributed by atoms with van der Waals surface area (Å²) in [6, 6.07) is 13.1. The quantitative estimate of drug-likeness (QED) is 0.794. The van der Waals surface area contributed by atoms with Gasteiger partial charge in [-0.05, 0) is 35.9 Å². The molecule has 3 rings (SSSR count). The SMILES string of the molecule is O=C(NCc1ccc2nccnc2c1)c1cccc(Br)c1. The fourth-order valence-electron chi connectivity index (χ4n) is 2.03. The molecule has 0 atom stereocenters. The van der Waals surface area contributed by atoms with Crippen LogP contribution in [0, 0.1) is 0 Å². The molecule has 3 aromatic rings. The largest absolute Gasteiger partial charge is 0.348 e. The number of hydrogen-bond donors (Lipinski definition) is 1. The van der Waals surface area contributed by atoms with Crippen molar-refractivity contribution in [2.75, 3.05) is 0 Å². The Balaban J connectivity index is 1.72. The number of carbonyl (C=O) groups excluding carboxylic acids is 1. The number of halogens is 1. The maximum absolute atomic E-state index is 12.1. The Labute approximate surface area is 130 Å². The average molecular weight is 342 g/mol. The van der Waals surface area contributed by atoms with Crippen molar-refractivity contribution in [3.8, 4) is 0 Å². The average Bonchev–Trinajstić information content (AvgIpc) is 2.52. The van der Waals surface area contributed by atoms with Crippen molar-refractivity contribution >= 4 is 32.9 Å². The van der Waals surface area contributed by atoms with E-state index in [1.165, 1.54) is 0 Å². The molecule has 1 amide bonds. The van der Waals surface area contributed by atoms with E-state index in [4.69, 9.17) is 0 Å². The van der Waals surface area contributed by atoms with Crippen LogP contribution in [0.5, 0.6) is 0 Å². The number of fused-ring (bicyclic) bond motifs is 1. The van der Waals surface area contributed by atoms with Gasteiger partial charge in [-0.3, -0.25) is 14.8 Å². The van der Waals surface area contributed by atoms with E-state index in [1.807, 2.05) is 30.3 Å². The summed E-state index contributed by atoms with van der Waals surface area (Å²) in [5.74, 6) is -0.101. The highest BCUT2D eigenvalue weighted by molar-refractivity contribution is 9.10. The fourth-order valence-corrected chi connectivity index (χ4v) is 2.43. The van der Waals surface area contributed by atoms with Crippen LogP contribution in [0.4, 0.5) is 0 Å². The van der Waals surface area contributed by atoms with Gasteiger partial charge >= 0.3 is 0 Å². The number of aromatic nitrogens is 2. The fraction of sp³-hybridized carbons (Fsp3) is 0.0625. The molecular formula is C16H12BrN3O. The molecule has 0 saturated carbocycles. The minimum Gasteiger partial charge on any atom is -0.348 e. The van der Waals surface area contributed by atoms with Crippen LogP contribution in [-0.2, 0) is 6.54 Å². The first kappa shape index (κ1) is 13.7. The van der Waals surface area contributed by atoms with Crippen molar-refractivity contribution in [2.24, 2.45) is 0 Å². The third kappa shape index (κ3) is 3.25. The molecule has 0 aliphatic rings. The number of benzene rings is 2. The number of carbonyl (C=O) groups is 1. The maximum Gasteiger partial charge on any atom is 0.251 e. The lowest BCUT2D eigenvalue weighted by molar-refractivity contribution is 0.0951. The number of nitrogens with one attached hydrogen (secondary N) is 1. The summed E-state index contributed by atoms with van der Waals surface area (Å²) >= 11 is 3.36. The van der Waals surface area contributed by atoms with Crippen LogP contribution in [0.25, 0.3) is 11.0 Å². The second-order valence-electron chi connectivity index (χ2n) is 4.57. The molecule has 0 aliphatic carbocycles. The third-order valence-corrected chi connectivity index (χ3v) is 3.57. The molecule has 0 unspecified atom stereocenters. The molecule has 2 aromatic carbocycles. The smallest absolute Gasteiger partial charge is 0.251 e. The first-order valence-corrected chi connectivity index (χ1v) is 7.25. The van der Waals surface area contributed by atoms with E-state index in [2.05, 4.69) is 31.2 Å². The summed E-state index contributed by atoms with van der Waals surface area (Å²) in [5.41, 5.74) is 3.29. The molecule has 0 saturated heterocycles. The van der Waals surface area contributed by atoms with Gasteiger partial charge in [0.25, 0.3) is 5.91 Å². The Morgan fingerprint density at radius 1 is 1.05 bits per heavy atom. The van der Waals surface area contributed by atoms with Crippen molar-refractivity contribution < 1.29 is 4.79 Å². The molecule has 0 spiro atoms. The lowest BCUT2D eigenvalue weighted by Gasteiger charge is -2.06. The van der Waals surface area contributed by atoms with Crippen LogP contribution >= 0.6 is 15.9 Å². The molecule has 0 radical (unpaired) electrons. The van der Waals surface area contributed by atoms with Crippen LogP contribution in [0.3, 0.4) is 0 Å². The van der Waals surface area contributed by atoms with Crippen LogP contribution in [0.2, 0.25) is 0 Å². The van der Waals surface area contributed by atoms with Gasteiger partial charge < -0.3 is 5.32 Å². The summed E-state index contributed by atoms with van der Waals surface area (Å²) in [6.45, 7) is 0.456. The van der Waals surface area contributed by atoms with E-state index in [9.17, 15) is 4.79 Å². The molecule has 21 heavy (non-hydrogen) atoms. The third-order valence-electron chi connectivity index (χ3n) is 3.07. The second kappa shape index (κ2) is 6.01. The van der Waals surface area contributed by atoms with Crippen molar-refractivity contribution in [3.05, 3.63) is 70.5 Å². The summed E-state index contributed by atoms with van der Waals surface area (Å²) < 4.78 is 0.885. The molecule has 0 bridgehead atoms. The van der Waals surface area contributed by atoms with Crippen molar-refractivity contribution in [3.63, 3.8) is 0 Å². The zero-order valence-corrected chi connectivity index (χ0v) is 12.7. The van der Waals surface area contributed by atoms with Gasteiger partial charge in [0.05, 0.1) is 11.0 Å². The maximum atomic E-state index is 12.1. The number of amides is 1. The Bertz CT molecular complexity index is 804. The summed E-state index contributed by atoms with van der Waals surface area (Å²) in [6.07, 6.45) is 3.32. The van der Waals surface area contributed by atoms with E-state index < -0.39 is 0 Å². The Kier molecular flexibility index (Phi) is 3.92. The first-order chi connectivity index (χ1) is 10.2. The molecule has 5 heteroatoms. The van der Waals surface area contributed by atoms with Gasteiger partial charge in [0.15, 0.2) is 0 Å². The van der Waals surface area contributed by atoms with Gasteiger partial charge in [-0.25, -0.2) is 0 Å². The Morgan fingerprint density at radius 3 is 2.67 bits per heavy atom. The summed E-state index contributed by atoms with van der Waals surface area (Å²) in [4.78, 5) is 20.6. The zero-order valence-electron chi connectivity index (χ0n) is 11.1. The lowest BCUT2D eigenvalue weighted by Crippen LogP contribution is -2.22. The van der Waals surface area contributed by atoms with Crippen LogP contribution in [0.15, 0.2) is 59.3 Å².